The van der Waals surface area contributed by atoms with Crippen LogP contribution < -0.4 is 5.73 Å². The molecular weight excluding hydrogens is 208 g/mol. The maximum Gasteiger partial charge on any atom is 0.0638 e. The lowest BCUT2D eigenvalue weighted by Crippen LogP contribution is -2.44. The molecule has 0 aliphatic rings. The van der Waals surface area contributed by atoms with Gasteiger partial charge in [-0.15, -0.1) is 0 Å². The van der Waals surface area contributed by atoms with Crippen LogP contribution in [0.3, 0.4) is 0 Å². The molecule has 0 fully saturated rings. The molecule has 0 aromatic carbocycles. The van der Waals surface area contributed by atoms with Crippen molar-refractivity contribution in [1.29, 1.82) is 0 Å². The summed E-state index contributed by atoms with van der Waals surface area (Å²) in [6.07, 6.45) is 3.11. The Labute approximate surface area is 98.7 Å². The predicted octanol–water partition coefficient (Wildman–Crippen LogP) is 1.42. The van der Waals surface area contributed by atoms with Crippen molar-refractivity contribution in [3.05, 3.63) is 0 Å². The Hall–Kier alpha value is 0.230. The van der Waals surface area contributed by atoms with Crippen molar-refractivity contribution in [1.82, 2.24) is 4.90 Å². The molecule has 3 nitrogen and oxygen atoms in total. The molecule has 15 heavy (non-hydrogen) atoms. The zero-order valence-corrected chi connectivity index (χ0v) is 11.6. The molecule has 0 radical (unpaired) electrons. The Balaban J connectivity index is 4.11. The first-order valence-corrected chi connectivity index (χ1v) is 6.80. The molecule has 0 rings (SSSR count). The topological polar surface area (TPSA) is 38.5 Å². The van der Waals surface area contributed by atoms with Crippen molar-refractivity contribution in [2.75, 3.05) is 39.3 Å². The Morgan fingerprint density at radius 1 is 1.47 bits per heavy atom. The first-order valence-electron chi connectivity index (χ1n) is 5.41. The lowest BCUT2D eigenvalue weighted by molar-refractivity contribution is -0.00381. The third-order valence-electron chi connectivity index (χ3n) is 2.82. The maximum absolute atomic E-state index is 5.80. The van der Waals surface area contributed by atoms with Crippen molar-refractivity contribution >= 4 is 11.8 Å². The van der Waals surface area contributed by atoms with Crippen LogP contribution in [0, 0.1) is 0 Å². The van der Waals surface area contributed by atoms with Crippen LogP contribution in [-0.2, 0) is 4.74 Å². The third kappa shape index (κ3) is 6.40. The van der Waals surface area contributed by atoms with Crippen LogP contribution in [0.4, 0.5) is 0 Å². The SMILES string of the molecule is COC(C)(C)CC(CN)N(C)CCSC. The number of ether oxygens (including phenoxy) is 1. The van der Waals surface area contributed by atoms with Crippen LogP contribution in [0.1, 0.15) is 20.3 Å². The quantitative estimate of drug-likeness (QED) is 0.689. The highest BCUT2D eigenvalue weighted by Gasteiger charge is 2.24. The van der Waals surface area contributed by atoms with Crippen molar-refractivity contribution in [2.45, 2.75) is 31.9 Å². The molecule has 0 aliphatic carbocycles. The number of hydrogen-bond donors (Lipinski definition) is 1. The number of hydrogen-bond acceptors (Lipinski definition) is 4. The fourth-order valence-electron chi connectivity index (χ4n) is 1.49. The summed E-state index contributed by atoms with van der Waals surface area (Å²) >= 11 is 1.87. The molecule has 1 unspecified atom stereocenters. The van der Waals surface area contributed by atoms with Gasteiger partial charge in [-0.05, 0) is 33.6 Å². The van der Waals surface area contributed by atoms with Gasteiger partial charge < -0.3 is 15.4 Å². The van der Waals surface area contributed by atoms with E-state index in [4.69, 9.17) is 10.5 Å². The summed E-state index contributed by atoms with van der Waals surface area (Å²) in [5.41, 5.74) is 5.72. The van der Waals surface area contributed by atoms with Crippen LogP contribution in [0.2, 0.25) is 0 Å². The van der Waals surface area contributed by atoms with Gasteiger partial charge in [0.25, 0.3) is 0 Å². The molecule has 0 bridgehead atoms. The second-order valence-electron chi connectivity index (χ2n) is 4.53. The van der Waals surface area contributed by atoms with Gasteiger partial charge in [-0.1, -0.05) is 0 Å². The minimum Gasteiger partial charge on any atom is -0.379 e. The number of thioether (sulfide) groups is 1. The van der Waals surface area contributed by atoms with Gasteiger partial charge in [-0.3, -0.25) is 0 Å². The molecule has 2 N–H and O–H groups in total. The lowest BCUT2D eigenvalue weighted by Gasteiger charge is -2.33. The molecule has 0 saturated heterocycles. The van der Waals surface area contributed by atoms with Gasteiger partial charge in [0.2, 0.25) is 0 Å². The lowest BCUT2D eigenvalue weighted by atomic mass is 9.98. The Bertz CT molecular complexity index is 165. The highest BCUT2D eigenvalue weighted by molar-refractivity contribution is 7.98. The Kier molecular flexibility index (Phi) is 7.61. The first kappa shape index (κ1) is 15.2. The van der Waals surface area contributed by atoms with E-state index < -0.39 is 0 Å². The second-order valence-corrected chi connectivity index (χ2v) is 5.52. The maximum atomic E-state index is 5.80. The molecular formula is C11H26N2OS. The van der Waals surface area contributed by atoms with Crippen molar-refractivity contribution in [3.8, 4) is 0 Å². The summed E-state index contributed by atoms with van der Waals surface area (Å²) in [6.45, 7) is 6.00. The third-order valence-corrected chi connectivity index (χ3v) is 3.41. The minimum atomic E-state index is -0.0857. The number of nitrogens with two attached hydrogens (primary N) is 1. The smallest absolute Gasteiger partial charge is 0.0638 e. The van der Waals surface area contributed by atoms with E-state index in [1.54, 1.807) is 7.11 Å². The van der Waals surface area contributed by atoms with Gasteiger partial charge in [0.1, 0.15) is 0 Å². The van der Waals surface area contributed by atoms with Gasteiger partial charge in [0.05, 0.1) is 5.60 Å². The minimum absolute atomic E-state index is 0.0857. The molecule has 4 heteroatoms. The summed E-state index contributed by atoms with van der Waals surface area (Å²) in [4.78, 5) is 2.33. The Morgan fingerprint density at radius 2 is 2.07 bits per heavy atom. The zero-order valence-electron chi connectivity index (χ0n) is 10.7. The van der Waals surface area contributed by atoms with Crippen molar-refractivity contribution in [3.63, 3.8) is 0 Å². The van der Waals surface area contributed by atoms with E-state index in [1.165, 1.54) is 0 Å². The summed E-state index contributed by atoms with van der Waals surface area (Å²) in [7, 11) is 3.90. The Morgan fingerprint density at radius 3 is 2.47 bits per heavy atom. The molecule has 92 valence electrons. The standard InChI is InChI=1S/C11H26N2OS/c1-11(2,14-4)8-10(9-12)13(3)6-7-15-5/h10H,6-9,12H2,1-5H3. The van der Waals surface area contributed by atoms with Gasteiger partial charge >= 0.3 is 0 Å². The number of methoxy groups -OCH3 is 1. The summed E-state index contributed by atoms with van der Waals surface area (Å²) in [5.74, 6) is 1.15. The highest BCUT2D eigenvalue weighted by atomic mass is 32.2. The average Bonchev–Trinajstić information content (AvgIpc) is 2.22. The van der Waals surface area contributed by atoms with E-state index in [2.05, 4.69) is 32.1 Å². The van der Waals surface area contributed by atoms with Crippen molar-refractivity contribution in [2.24, 2.45) is 5.73 Å². The highest BCUT2D eigenvalue weighted by Crippen LogP contribution is 2.18. The van der Waals surface area contributed by atoms with Gasteiger partial charge in [0, 0.05) is 32.0 Å². The number of likely N-dealkylation sites (N-methyl/N-ethyl adjacent to an activating group) is 1. The van der Waals surface area contributed by atoms with Gasteiger partial charge in [-0.25, -0.2) is 0 Å². The van der Waals surface area contributed by atoms with E-state index in [-0.39, 0.29) is 5.60 Å². The van der Waals surface area contributed by atoms with Crippen LogP contribution in [0.25, 0.3) is 0 Å². The largest absolute Gasteiger partial charge is 0.379 e. The monoisotopic (exact) mass is 234 g/mol. The fourth-order valence-corrected chi connectivity index (χ4v) is 1.96. The molecule has 0 aromatic heterocycles. The molecule has 1 atom stereocenters. The average molecular weight is 234 g/mol. The number of rotatable bonds is 8. The van der Waals surface area contributed by atoms with Crippen LogP contribution in [0.5, 0.6) is 0 Å². The normalized spacial score (nSPS) is 14.6. The van der Waals surface area contributed by atoms with E-state index in [0.29, 0.717) is 12.6 Å². The first-order chi connectivity index (χ1) is 6.96. The number of nitrogens with zero attached hydrogens (tertiary/aromatic N) is 1. The summed E-state index contributed by atoms with van der Waals surface area (Å²) < 4.78 is 5.44. The van der Waals surface area contributed by atoms with Gasteiger partial charge in [0.15, 0.2) is 0 Å². The predicted molar refractivity (Wildman–Crippen MR) is 69.6 cm³/mol. The molecule has 0 aromatic rings. The van der Waals surface area contributed by atoms with E-state index in [9.17, 15) is 0 Å². The molecule has 0 saturated carbocycles. The summed E-state index contributed by atoms with van der Waals surface area (Å²) in [5, 5.41) is 0. The second kappa shape index (κ2) is 7.49. The van der Waals surface area contributed by atoms with E-state index in [1.807, 2.05) is 11.8 Å². The van der Waals surface area contributed by atoms with Crippen LogP contribution >= 0.6 is 11.8 Å². The molecule has 0 aliphatic heterocycles. The van der Waals surface area contributed by atoms with Gasteiger partial charge in [-0.2, -0.15) is 11.8 Å². The van der Waals surface area contributed by atoms with Crippen LogP contribution in [0.15, 0.2) is 0 Å². The molecule has 0 amide bonds. The molecule has 0 heterocycles. The summed E-state index contributed by atoms with van der Waals surface area (Å²) in [6, 6.07) is 0.409. The van der Waals surface area contributed by atoms with E-state index >= 15 is 0 Å². The van der Waals surface area contributed by atoms with Crippen molar-refractivity contribution < 1.29 is 4.74 Å². The zero-order chi connectivity index (χ0) is 11.9. The van der Waals surface area contributed by atoms with E-state index in [0.717, 1.165) is 18.7 Å². The fraction of sp³-hybridized carbons (Fsp3) is 1.00. The van der Waals surface area contributed by atoms with Crippen LogP contribution in [-0.4, -0.2) is 55.8 Å². The molecule has 0 spiro atoms.